The molecule has 0 aliphatic carbocycles. The minimum absolute atomic E-state index is 0.180. The summed E-state index contributed by atoms with van der Waals surface area (Å²) in [7, 11) is 0. The first-order chi connectivity index (χ1) is 9.24. The molecule has 102 valence electrons. The average Bonchev–Trinajstić information content (AvgIpc) is 2.90. The summed E-state index contributed by atoms with van der Waals surface area (Å²) >= 11 is 7.70. The normalized spacial score (nSPS) is 12.5. The topological polar surface area (TPSA) is 21.3 Å². The molecule has 1 aromatic carbocycles. The molecule has 2 rings (SSSR count). The third-order valence-corrected chi connectivity index (χ3v) is 3.85. The van der Waals surface area contributed by atoms with Crippen LogP contribution in [0.1, 0.15) is 17.4 Å². The Kier molecular flexibility index (Phi) is 5.86. The molecule has 2 aromatic rings. The van der Waals surface area contributed by atoms with Gasteiger partial charge in [0.15, 0.2) is 0 Å². The second kappa shape index (κ2) is 7.65. The van der Waals surface area contributed by atoms with Crippen molar-refractivity contribution in [1.29, 1.82) is 0 Å². The molecule has 1 unspecified atom stereocenters. The second-order valence-electron chi connectivity index (χ2n) is 4.46. The van der Waals surface area contributed by atoms with Gasteiger partial charge in [0.2, 0.25) is 0 Å². The monoisotopic (exact) mass is 295 g/mol. The Morgan fingerprint density at radius 2 is 2.21 bits per heavy atom. The molecule has 19 heavy (non-hydrogen) atoms. The standard InChI is InChI=1S/C15H18ClNOS/c1-12(9-17-10-15-6-3-7-19-15)18-11-13-4-2-5-14(16)8-13/h2-8,12,17H,9-11H2,1H3. The van der Waals surface area contributed by atoms with Crippen molar-refractivity contribution < 1.29 is 4.74 Å². The van der Waals surface area contributed by atoms with Crippen LogP contribution in [0.2, 0.25) is 5.02 Å². The smallest absolute Gasteiger partial charge is 0.0721 e. The van der Waals surface area contributed by atoms with Gasteiger partial charge in [0.25, 0.3) is 0 Å². The maximum absolute atomic E-state index is 5.93. The lowest BCUT2D eigenvalue weighted by atomic mass is 10.2. The summed E-state index contributed by atoms with van der Waals surface area (Å²) < 4.78 is 5.78. The molecule has 1 aromatic heterocycles. The van der Waals surface area contributed by atoms with Gasteiger partial charge in [-0.05, 0) is 36.1 Å². The maximum atomic E-state index is 5.93. The van der Waals surface area contributed by atoms with Crippen LogP contribution in [-0.4, -0.2) is 12.6 Å². The van der Waals surface area contributed by atoms with Gasteiger partial charge in [-0.3, -0.25) is 0 Å². The van der Waals surface area contributed by atoms with E-state index in [0.717, 1.165) is 23.7 Å². The number of nitrogens with one attached hydrogen (secondary N) is 1. The van der Waals surface area contributed by atoms with Gasteiger partial charge in [0, 0.05) is 23.0 Å². The zero-order valence-corrected chi connectivity index (χ0v) is 12.5. The lowest BCUT2D eigenvalue weighted by molar-refractivity contribution is 0.0531. The van der Waals surface area contributed by atoms with E-state index < -0.39 is 0 Å². The van der Waals surface area contributed by atoms with Gasteiger partial charge in [0.1, 0.15) is 0 Å². The summed E-state index contributed by atoms with van der Waals surface area (Å²) in [6, 6.07) is 12.0. The van der Waals surface area contributed by atoms with Crippen LogP contribution >= 0.6 is 22.9 Å². The van der Waals surface area contributed by atoms with Crippen LogP contribution in [0.4, 0.5) is 0 Å². The van der Waals surface area contributed by atoms with E-state index in [1.807, 2.05) is 24.3 Å². The molecule has 2 nitrogen and oxygen atoms in total. The Hall–Kier alpha value is -0.870. The molecule has 1 N–H and O–H groups in total. The molecule has 0 saturated heterocycles. The lowest BCUT2D eigenvalue weighted by Crippen LogP contribution is -2.26. The Bertz CT molecular complexity index is 487. The molecule has 0 bridgehead atoms. The third-order valence-electron chi connectivity index (χ3n) is 2.73. The summed E-state index contributed by atoms with van der Waals surface area (Å²) in [5, 5.41) is 6.24. The quantitative estimate of drug-likeness (QED) is 0.830. The van der Waals surface area contributed by atoms with Gasteiger partial charge in [-0.1, -0.05) is 29.8 Å². The highest BCUT2D eigenvalue weighted by Crippen LogP contribution is 2.12. The number of rotatable bonds is 7. The molecule has 0 saturated carbocycles. The molecule has 4 heteroatoms. The average molecular weight is 296 g/mol. The fourth-order valence-corrected chi connectivity index (χ4v) is 2.62. The van der Waals surface area contributed by atoms with Gasteiger partial charge in [0.05, 0.1) is 12.7 Å². The Morgan fingerprint density at radius 1 is 1.32 bits per heavy atom. The Balaban J connectivity index is 1.65. The van der Waals surface area contributed by atoms with Crippen LogP contribution in [0.15, 0.2) is 41.8 Å². The van der Waals surface area contributed by atoms with E-state index in [1.165, 1.54) is 4.88 Å². The van der Waals surface area contributed by atoms with Crippen molar-refractivity contribution in [2.75, 3.05) is 6.54 Å². The Labute approximate surface area is 123 Å². The van der Waals surface area contributed by atoms with Crippen molar-refractivity contribution in [1.82, 2.24) is 5.32 Å². The van der Waals surface area contributed by atoms with Gasteiger partial charge >= 0.3 is 0 Å². The highest BCUT2D eigenvalue weighted by Gasteiger charge is 2.03. The molecule has 0 radical (unpaired) electrons. The minimum Gasteiger partial charge on any atom is -0.373 e. The van der Waals surface area contributed by atoms with Crippen LogP contribution < -0.4 is 5.32 Å². The summed E-state index contributed by atoms with van der Waals surface area (Å²) in [4.78, 5) is 1.35. The van der Waals surface area contributed by atoms with Crippen molar-refractivity contribution in [2.45, 2.75) is 26.2 Å². The molecule has 1 atom stereocenters. The number of hydrogen-bond donors (Lipinski definition) is 1. The summed E-state index contributed by atoms with van der Waals surface area (Å²) in [5.41, 5.74) is 1.11. The molecule has 0 fully saturated rings. The van der Waals surface area contributed by atoms with Gasteiger partial charge in [-0.25, -0.2) is 0 Å². The molecule has 0 aliphatic heterocycles. The first kappa shape index (κ1) is 14.5. The molecular formula is C15H18ClNOS. The number of halogens is 1. The van der Waals surface area contributed by atoms with Gasteiger partial charge in [-0.15, -0.1) is 11.3 Å². The third kappa shape index (κ3) is 5.33. The molecule has 0 spiro atoms. The predicted molar refractivity (Wildman–Crippen MR) is 81.7 cm³/mol. The van der Waals surface area contributed by atoms with E-state index in [9.17, 15) is 0 Å². The largest absolute Gasteiger partial charge is 0.373 e. The maximum Gasteiger partial charge on any atom is 0.0721 e. The fourth-order valence-electron chi connectivity index (χ4n) is 1.74. The van der Waals surface area contributed by atoms with Crippen molar-refractivity contribution in [3.8, 4) is 0 Å². The van der Waals surface area contributed by atoms with Gasteiger partial charge in [-0.2, -0.15) is 0 Å². The van der Waals surface area contributed by atoms with Crippen LogP contribution in [0.25, 0.3) is 0 Å². The fraction of sp³-hybridized carbons (Fsp3) is 0.333. The van der Waals surface area contributed by atoms with Crippen LogP contribution in [-0.2, 0) is 17.9 Å². The van der Waals surface area contributed by atoms with E-state index in [4.69, 9.17) is 16.3 Å². The lowest BCUT2D eigenvalue weighted by Gasteiger charge is -2.14. The zero-order valence-electron chi connectivity index (χ0n) is 10.9. The number of benzene rings is 1. The zero-order chi connectivity index (χ0) is 13.5. The highest BCUT2D eigenvalue weighted by molar-refractivity contribution is 7.09. The summed E-state index contributed by atoms with van der Waals surface area (Å²) in [5.74, 6) is 0. The van der Waals surface area contributed by atoms with Crippen molar-refractivity contribution in [2.24, 2.45) is 0 Å². The van der Waals surface area contributed by atoms with Crippen molar-refractivity contribution in [3.63, 3.8) is 0 Å². The number of ether oxygens (including phenoxy) is 1. The first-order valence-electron chi connectivity index (χ1n) is 6.33. The van der Waals surface area contributed by atoms with E-state index >= 15 is 0 Å². The summed E-state index contributed by atoms with van der Waals surface area (Å²) in [6.45, 7) is 4.43. The van der Waals surface area contributed by atoms with E-state index in [0.29, 0.717) is 6.61 Å². The summed E-state index contributed by atoms with van der Waals surface area (Å²) in [6.07, 6.45) is 0.180. The van der Waals surface area contributed by atoms with Crippen LogP contribution in [0.3, 0.4) is 0 Å². The van der Waals surface area contributed by atoms with Crippen molar-refractivity contribution in [3.05, 3.63) is 57.2 Å². The van der Waals surface area contributed by atoms with Crippen molar-refractivity contribution >= 4 is 22.9 Å². The molecule has 0 amide bonds. The Morgan fingerprint density at radius 3 is 2.95 bits per heavy atom. The second-order valence-corrected chi connectivity index (χ2v) is 5.93. The van der Waals surface area contributed by atoms with E-state index in [1.54, 1.807) is 11.3 Å². The van der Waals surface area contributed by atoms with Crippen LogP contribution in [0, 0.1) is 0 Å². The molecule has 1 heterocycles. The van der Waals surface area contributed by atoms with Crippen LogP contribution in [0.5, 0.6) is 0 Å². The predicted octanol–water partition coefficient (Wildman–Crippen LogP) is 4.10. The molecule has 0 aliphatic rings. The minimum atomic E-state index is 0.180. The van der Waals surface area contributed by atoms with E-state index in [2.05, 4.69) is 29.8 Å². The van der Waals surface area contributed by atoms with Gasteiger partial charge < -0.3 is 10.1 Å². The SMILES string of the molecule is CC(CNCc1cccs1)OCc1cccc(Cl)c1. The van der Waals surface area contributed by atoms with E-state index in [-0.39, 0.29) is 6.10 Å². The molecular weight excluding hydrogens is 278 g/mol. The first-order valence-corrected chi connectivity index (χ1v) is 7.59. The number of hydrogen-bond acceptors (Lipinski definition) is 3. The highest BCUT2D eigenvalue weighted by atomic mass is 35.5. The number of thiophene rings is 1.